The predicted molar refractivity (Wildman–Crippen MR) is 123 cm³/mol. The van der Waals surface area contributed by atoms with E-state index in [-0.39, 0.29) is 24.9 Å². The highest BCUT2D eigenvalue weighted by Gasteiger charge is 2.21. The van der Waals surface area contributed by atoms with Crippen LogP contribution >= 0.6 is 0 Å². The summed E-state index contributed by atoms with van der Waals surface area (Å²) >= 11 is 0. The fourth-order valence-electron chi connectivity index (χ4n) is 3.78. The normalized spacial score (nSPS) is 15.5. The second kappa shape index (κ2) is 9.78. The lowest BCUT2D eigenvalue weighted by Gasteiger charge is -2.25. The van der Waals surface area contributed by atoms with Gasteiger partial charge in [-0.15, -0.1) is 0 Å². The number of ether oxygens (including phenoxy) is 4. The van der Waals surface area contributed by atoms with Gasteiger partial charge in [-0.2, -0.15) is 0 Å². The second-order valence-corrected chi connectivity index (χ2v) is 9.87. The average molecular weight is 477 g/mol. The fourth-order valence-corrected chi connectivity index (χ4v) is 4.74. The molecule has 1 N–H and O–H groups in total. The molecule has 2 heterocycles. The summed E-state index contributed by atoms with van der Waals surface area (Å²) in [6, 6.07) is 10.4. The number of carbonyl (C=O) groups is 1. The third kappa shape index (κ3) is 5.62. The Morgan fingerprint density at radius 2 is 1.52 bits per heavy atom. The molecule has 0 spiro atoms. The Balaban J connectivity index is 1.34. The van der Waals surface area contributed by atoms with Crippen molar-refractivity contribution in [2.24, 2.45) is 0 Å². The molecule has 2 aromatic rings. The molecule has 0 fully saturated rings. The zero-order chi connectivity index (χ0) is 23.4. The average Bonchev–Trinajstić information content (AvgIpc) is 2.80. The van der Waals surface area contributed by atoms with Crippen LogP contribution in [0.2, 0.25) is 0 Å². The van der Waals surface area contributed by atoms with E-state index >= 15 is 0 Å². The summed E-state index contributed by atoms with van der Waals surface area (Å²) in [5.74, 6) is 2.31. The molecule has 0 bridgehead atoms. The number of hydrogen-bond acceptors (Lipinski definition) is 7. The van der Waals surface area contributed by atoms with Gasteiger partial charge in [0, 0.05) is 19.0 Å². The molecule has 0 aromatic heterocycles. The van der Waals surface area contributed by atoms with Gasteiger partial charge in [-0.25, -0.2) is 8.42 Å². The first-order chi connectivity index (χ1) is 15.8. The number of carbonyl (C=O) groups excluding carboxylic acids is 1. The van der Waals surface area contributed by atoms with Gasteiger partial charge in [-0.3, -0.25) is 9.10 Å². The van der Waals surface area contributed by atoms with Crippen LogP contribution < -0.4 is 28.6 Å². The highest BCUT2D eigenvalue weighted by atomic mass is 32.2. The van der Waals surface area contributed by atoms with Crippen molar-refractivity contribution >= 4 is 21.6 Å². The quantitative estimate of drug-likeness (QED) is 0.625. The monoisotopic (exact) mass is 476 g/mol. The molecule has 0 saturated heterocycles. The Morgan fingerprint density at radius 3 is 2.15 bits per heavy atom. The third-order valence-electron chi connectivity index (χ3n) is 5.42. The van der Waals surface area contributed by atoms with Crippen molar-refractivity contribution < 1.29 is 32.2 Å². The number of hydrogen-bond donors (Lipinski definition) is 1. The van der Waals surface area contributed by atoms with Gasteiger partial charge in [0.25, 0.3) is 0 Å². The molecule has 178 valence electrons. The van der Waals surface area contributed by atoms with Gasteiger partial charge in [0.05, 0.1) is 18.0 Å². The smallest absolute Gasteiger partial charge is 0.232 e. The molecule has 2 aliphatic rings. The molecule has 0 saturated carbocycles. The van der Waals surface area contributed by atoms with Crippen LogP contribution in [0.25, 0.3) is 0 Å². The summed E-state index contributed by atoms with van der Waals surface area (Å²) in [5, 5.41) is 2.96. The van der Waals surface area contributed by atoms with Crippen LogP contribution in [0.3, 0.4) is 0 Å². The van der Waals surface area contributed by atoms with Crippen molar-refractivity contribution in [2.45, 2.75) is 25.8 Å². The predicted octanol–water partition coefficient (Wildman–Crippen LogP) is 2.65. The Labute approximate surface area is 193 Å². The van der Waals surface area contributed by atoms with Crippen LogP contribution in [0.15, 0.2) is 36.4 Å². The van der Waals surface area contributed by atoms with Gasteiger partial charge in [-0.05, 0) is 43.2 Å². The topological polar surface area (TPSA) is 103 Å². The van der Waals surface area contributed by atoms with E-state index in [1.165, 1.54) is 4.31 Å². The van der Waals surface area contributed by atoms with Crippen molar-refractivity contribution in [3.8, 4) is 23.0 Å². The largest absolute Gasteiger partial charge is 0.486 e. The van der Waals surface area contributed by atoms with Crippen LogP contribution in [0, 0.1) is 0 Å². The molecule has 2 aromatic carbocycles. The van der Waals surface area contributed by atoms with Crippen molar-refractivity contribution in [1.29, 1.82) is 0 Å². The van der Waals surface area contributed by atoms with Crippen LogP contribution in [0.4, 0.5) is 5.69 Å². The number of nitrogens with zero attached hydrogens (tertiary/aromatic N) is 1. The lowest BCUT2D eigenvalue weighted by Crippen LogP contribution is -2.32. The highest BCUT2D eigenvalue weighted by Crippen LogP contribution is 2.35. The van der Waals surface area contributed by atoms with E-state index in [2.05, 4.69) is 5.32 Å². The number of amides is 1. The number of rotatable bonds is 8. The van der Waals surface area contributed by atoms with Gasteiger partial charge in [0.1, 0.15) is 26.4 Å². The second-order valence-electron chi connectivity index (χ2n) is 7.96. The molecule has 1 amide bonds. The van der Waals surface area contributed by atoms with E-state index in [1.54, 1.807) is 18.2 Å². The van der Waals surface area contributed by atoms with Crippen molar-refractivity contribution in [2.75, 3.05) is 43.5 Å². The first-order valence-electron chi connectivity index (χ1n) is 10.9. The molecular weight excluding hydrogens is 448 g/mol. The van der Waals surface area contributed by atoms with Crippen molar-refractivity contribution in [1.82, 2.24) is 5.32 Å². The molecule has 0 radical (unpaired) electrons. The molecule has 4 rings (SSSR count). The van der Waals surface area contributed by atoms with E-state index in [4.69, 9.17) is 18.9 Å². The molecule has 2 aliphatic heterocycles. The Morgan fingerprint density at radius 1 is 0.939 bits per heavy atom. The summed E-state index contributed by atoms with van der Waals surface area (Å²) in [6.07, 6.45) is 1.69. The van der Waals surface area contributed by atoms with Crippen LogP contribution in [0.1, 0.15) is 31.4 Å². The van der Waals surface area contributed by atoms with E-state index in [1.807, 2.05) is 25.1 Å². The van der Waals surface area contributed by atoms with Gasteiger partial charge in [0.15, 0.2) is 23.0 Å². The van der Waals surface area contributed by atoms with Gasteiger partial charge in [0.2, 0.25) is 15.9 Å². The van der Waals surface area contributed by atoms with E-state index < -0.39 is 10.0 Å². The number of anilines is 1. The lowest BCUT2D eigenvalue weighted by molar-refractivity contribution is -0.121. The summed E-state index contributed by atoms with van der Waals surface area (Å²) in [7, 11) is -3.54. The Bertz CT molecular complexity index is 1120. The zero-order valence-electron chi connectivity index (χ0n) is 18.7. The number of benzene rings is 2. The maximum atomic E-state index is 12.5. The standard InChI is InChI=1S/C23H28N2O7S/c1-16(17-5-7-19-21(14-17)31-12-10-29-19)24-23(26)4-3-9-25(33(2,27)28)18-6-8-20-22(15-18)32-13-11-30-20/h5-8,14-16H,3-4,9-13H2,1-2H3,(H,24,26)/t16-/m0/s1. The van der Waals surface area contributed by atoms with Gasteiger partial charge in [-0.1, -0.05) is 6.07 Å². The van der Waals surface area contributed by atoms with Crippen molar-refractivity contribution in [3.05, 3.63) is 42.0 Å². The number of nitrogens with one attached hydrogen (secondary N) is 1. The molecule has 10 heteroatoms. The summed E-state index contributed by atoms with van der Waals surface area (Å²) in [6.45, 7) is 3.96. The van der Waals surface area contributed by atoms with Crippen LogP contribution in [0.5, 0.6) is 23.0 Å². The minimum absolute atomic E-state index is 0.159. The third-order valence-corrected chi connectivity index (χ3v) is 6.62. The number of fused-ring (bicyclic) bond motifs is 2. The fraction of sp³-hybridized carbons (Fsp3) is 0.435. The Kier molecular flexibility index (Phi) is 6.83. The SMILES string of the molecule is C[C@H](NC(=O)CCCN(c1ccc2c(c1)OCCO2)S(C)(=O)=O)c1ccc2c(c1)OCCO2. The minimum Gasteiger partial charge on any atom is -0.486 e. The first-order valence-corrected chi connectivity index (χ1v) is 12.7. The molecule has 1 atom stereocenters. The molecule has 33 heavy (non-hydrogen) atoms. The van der Waals surface area contributed by atoms with Gasteiger partial charge >= 0.3 is 0 Å². The van der Waals surface area contributed by atoms with Crippen molar-refractivity contribution in [3.63, 3.8) is 0 Å². The van der Waals surface area contributed by atoms with Gasteiger partial charge < -0.3 is 24.3 Å². The summed E-state index contributed by atoms with van der Waals surface area (Å²) < 4.78 is 48.2. The molecule has 0 aliphatic carbocycles. The first kappa shape index (κ1) is 23.0. The van der Waals surface area contributed by atoms with Crippen LogP contribution in [-0.2, 0) is 14.8 Å². The zero-order valence-corrected chi connectivity index (χ0v) is 19.5. The van der Waals surface area contributed by atoms with Crippen LogP contribution in [-0.4, -0.2) is 53.6 Å². The Hall–Kier alpha value is -3.14. The van der Waals surface area contributed by atoms with E-state index in [0.29, 0.717) is 61.5 Å². The summed E-state index contributed by atoms with van der Waals surface area (Å²) in [4.78, 5) is 12.5. The van der Waals surface area contributed by atoms with E-state index in [0.717, 1.165) is 11.8 Å². The minimum atomic E-state index is -3.54. The van der Waals surface area contributed by atoms with E-state index in [9.17, 15) is 13.2 Å². The lowest BCUT2D eigenvalue weighted by atomic mass is 10.1. The molecular formula is C23H28N2O7S. The molecule has 0 unspecified atom stereocenters. The molecule has 9 nitrogen and oxygen atoms in total. The highest BCUT2D eigenvalue weighted by molar-refractivity contribution is 7.92. The summed E-state index contributed by atoms with van der Waals surface area (Å²) in [5.41, 5.74) is 1.38. The maximum Gasteiger partial charge on any atom is 0.232 e. The number of sulfonamides is 1. The maximum absolute atomic E-state index is 12.5.